The van der Waals surface area contributed by atoms with Crippen LogP contribution in [0.1, 0.15) is 38.5 Å². The first-order chi connectivity index (χ1) is 17.4. The van der Waals surface area contributed by atoms with E-state index in [0.29, 0.717) is 44.3 Å². The molecule has 4 bridgehead atoms. The minimum atomic E-state index is -0.347. The fraction of sp³-hybridized carbons (Fsp3) is 0.704. The molecule has 0 radical (unpaired) electrons. The Morgan fingerprint density at radius 2 is 1.39 bits per heavy atom. The van der Waals surface area contributed by atoms with Gasteiger partial charge in [-0.05, 0) is 62.3 Å². The number of hydrogen-bond acceptors (Lipinski definition) is 6. The Morgan fingerprint density at radius 1 is 0.833 bits per heavy atom. The largest absolute Gasteiger partial charge is 0.362 e. The number of carbonyl (C=O) groups excluding carboxylic acids is 2. The summed E-state index contributed by atoms with van der Waals surface area (Å²) in [4.78, 5) is 45.8. The number of para-hydroxylation sites is 2. The molecule has 0 aromatic heterocycles. The number of piperazine rings is 2. The van der Waals surface area contributed by atoms with Crippen molar-refractivity contribution < 1.29 is 14.5 Å². The number of nitro benzene ring substituents is 1. The lowest BCUT2D eigenvalue weighted by atomic mass is 9.49. The minimum Gasteiger partial charge on any atom is -0.362 e. The minimum absolute atomic E-state index is 0.0831. The zero-order valence-corrected chi connectivity index (χ0v) is 21.0. The van der Waals surface area contributed by atoms with Crippen molar-refractivity contribution in [3.8, 4) is 0 Å². The van der Waals surface area contributed by atoms with Crippen LogP contribution in [0.4, 0.5) is 11.4 Å². The lowest BCUT2D eigenvalue weighted by Crippen LogP contribution is -2.59. The molecule has 4 aliphatic carbocycles. The fourth-order valence-electron chi connectivity index (χ4n) is 8.19. The van der Waals surface area contributed by atoms with Gasteiger partial charge < -0.3 is 14.7 Å². The number of rotatable bonds is 5. The molecular weight excluding hydrogens is 458 g/mol. The third-order valence-corrected chi connectivity index (χ3v) is 9.56. The Kier molecular flexibility index (Phi) is 6.14. The fourth-order valence-corrected chi connectivity index (χ4v) is 8.19. The van der Waals surface area contributed by atoms with E-state index >= 15 is 0 Å². The molecule has 4 saturated carbocycles. The molecule has 6 aliphatic rings. The van der Waals surface area contributed by atoms with Gasteiger partial charge in [-0.15, -0.1) is 0 Å². The van der Waals surface area contributed by atoms with E-state index in [1.54, 1.807) is 12.1 Å². The Morgan fingerprint density at radius 3 is 1.97 bits per heavy atom. The second kappa shape index (κ2) is 9.32. The first-order valence-corrected chi connectivity index (χ1v) is 13.7. The molecule has 1 aromatic rings. The Labute approximate surface area is 212 Å². The van der Waals surface area contributed by atoms with Crippen LogP contribution in [0.5, 0.6) is 0 Å². The first kappa shape index (κ1) is 23.7. The lowest BCUT2D eigenvalue weighted by Gasteiger charge is -2.57. The summed E-state index contributed by atoms with van der Waals surface area (Å²) in [6.45, 7) is 5.63. The van der Waals surface area contributed by atoms with Gasteiger partial charge in [-0.2, -0.15) is 0 Å². The summed E-state index contributed by atoms with van der Waals surface area (Å²) in [5.41, 5.74) is 0.646. The highest BCUT2D eigenvalue weighted by Gasteiger charge is 2.55. The molecule has 2 heterocycles. The van der Waals surface area contributed by atoms with Crippen LogP contribution in [0.25, 0.3) is 0 Å². The van der Waals surface area contributed by atoms with Gasteiger partial charge in [0.05, 0.1) is 16.9 Å². The average Bonchev–Trinajstić information content (AvgIpc) is 2.88. The van der Waals surface area contributed by atoms with E-state index in [9.17, 15) is 19.7 Å². The summed E-state index contributed by atoms with van der Waals surface area (Å²) >= 11 is 0. The van der Waals surface area contributed by atoms with Gasteiger partial charge in [0.2, 0.25) is 11.8 Å². The van der Waals surface area contributed by atoms with E-state index in [1.807, 2.05) is 15.9 Å². The second-order valence-electron chi connectivity index (χ2n) is 11.9. The molecule has 194 valence electrons. The molecule has 0 atom stereocenters. The zero-order chi connectivity index (χ0) is 24.9. The van der Waals surface area contributed by atoms with Crippen LogP contribution in [0, 0.1) is 33.3 Å². The van der Waals surface area contributed by atoms with Crippen molar-refractivity contribution in [3.63, 3.8) is 0 Å². The maximum absolute atomic E-state index is 13.6. The van der Waals surface area contributed by atoms with Crippen LogP contribution in [0.15, 0.2) is 24.3 Å². The topological polar surface area (TPSA) is 90.2 Å². The quantitative estimate of drug-likeness (QED) is 0.461. The standard InChI is InChI=1S/C27H37N5O4/c33-25(30-11-9-29(10-12-30)23-3-1-2-4-24(23)32(35)36)19-28-5-7-31(8-6-28)26(34)27-16-20-13-21(17-27)15-22(14-20)18-27/h1-4,20-22H,5-19H2. The second-order valence-corrected chi connectivity index (χ2v) is 11.9. The van der Waals surface area contributed by atoms with E-state index < -0.39 is 0 Å². The predicted molar refractivity (Wildman–Crippen MR) is 136 cm³/mol. The van der Waals surface area contributed by atoms with Crippen molar-refractivity contribution in [3.05, 3.63) is 34.4 Å². The van der Waals surface area contributed by atoms with E-state index in [4.69, 9.17) is 0 Å². The van der Waals surface area contributed by atoms with E-state index in [0.717, 1.165) is 63.2 Å². The highest BCUT2D eigenvalue weighted by molar-refractivity contribution is 5.83. The van der Waals surface area contributed by atoms with Crippen LogP contribution in [0.2, 0.25) is 0 Å². The maximum Gasteiger partial charge on any atom is 0.292 e. The lowest BCUT2D eigenvalue weighted by molar-refractivity contribution is -0.384. The number of carbonyl (C=O) groups is 2. The molecule has 0 unspecified atom stereocenters. The molecule has 2 amide bonds. The number of nitro groups is 1. The first-order valence-electron chi connectivity index (χ1n) is 13.7. The smallest absolute Gasteiger partial charge is 0.292 e. The van der Waals surface area contributed by atoms with Crippen LogP contribution >= 0.6 is 0 Å². The summed E-state index contributed by atoms with van der Waals surface area (Å²) in [6, 6.07) is 6.80. The number of nitrogens with zero attached hydrogens (tertiary/aromatic N) is 5. The summed E-state index contributed by atoms with van der Waals surface area (Å²) < 4.78 is 0. The monoisotopic (exact) mass is 495 g/mol. The molecule has 36 heavy (non-hydrogen) atoms. The van der Waals surface area contributed by atoms with Crippen molar-refractivity contribution in [1.82, 2.24) is 14.7 Å². The van der Waals surface area contributed by atoms with E-state index in [-0.39, 0.29) is 21.9 Å². The van der Waals surface area contributed by atoms with Crippen molar-refractivity contribution in [1.29, 1.82) is 0 Å². The van der Waals surface area contributed by atoms with E-state index in [2.05, 4.69) is 9.80 Å². The summed E-state index contributed by atoms with van der Waals surface area (Å²) in [7, 11) is 0. The molecule has 0 spiro atoms. The molecule has 9 heteroatoms. The maximum atomic E-state index is 13.6. The molecule has 2 aliphatic heterocycles. The normalized spacial score (nSPS) is 32.1. The summed E-state index contributed by atoms with van der Waals surface area (Å²) in [6.07, 6.45) is 7.36. The van der Waals surface area contributed by atoms with Crippen molar-refractivity contribution in [2.24, 2.45) is 23.2 Å². The van der Waals surface area contributed by atoms with Crippen molar-refractivity contribution in [2.45, 2.75) is 38.5 Å². The van der Waals surface area contributed by atoms with Crippen LogP contribution in [-0.2, 0) is 9.59 Å². The highest BCUT2D eigenvalue weighted by Crippen LogP contribution is 2.60. The summed E-state index contributed by atoms with van der Waals surface area (Å²) in [5, 5.41) is 11.4. The predicted octanol–water partition coefficient (Wildman–Crippen LogP) is 2.60. The number of benzene rings is 1. The van der Waals surface area contributed by atoms with Gasteiger partial charge in [-0.25, -0.2) is 0 Å². The van der Waals surface area contributed by atoms with Gasteiger partial charge in [0.15, 0.2) is 0 Å². The average molecular weight is 496 g/mol. The van der Waals surface area contributed by atoms with Gasteiger partial charge in [0.1, 0.15) is 5.69 Å². The molecule has 2 saturated heterocycles. The molecular formula is C27H37N5O4. The number of amides is 2. The number of anilines is 1. The Hall–Kier alpha value is -2.68. The molecule has 1 aromatic carbocycles. The Bertz CT molecular complexity index is 993. The van der Waals surface area contributed by atoms with Crippen molar-refractivity contribution >= 4 is 23.2 Å². The molecule has 0 N–H and O–H groups in total. The van der Waals surface area contributed by atoms with Crippen LogP contribution < -0.4 is 4.90 Å². The van der Waals surface area contributed by atoms with Gasteiger partial charge in [0, 0.05) is 58.4 Å². The summed E-state index contributed by atoms with van der Waals surface area (Å²) in [5.74, 6) is 2.82. The third kappa shape index (κ3) is 4.35. The SMILES string of the molecule is O=C(CN1CCN(C(=O)C23CC4CC(CC(C4)C2)C3)CC1)N1CCN(c2ccccc2[N+](=O)[O-])CC1. The van der Waals surface area contributed by atoms with Gasteiger partial charge in [-0.3, -0.25) is 24.6 Å². The van der Waals surface area contributed by atoms with Gasteiger partial charge in [0.25, 0.3) is 5.69 Å². The Balaban J connectivity index is 0.984. The van der Waals surface area contributed by atoms with Gasteiger partial charge in [-0.1, -0.05) is 12.1 Å². The van der Waals surface area contributed by atoms with E-state index in [1.165, 1.54) is 25.3 Å². The van der Waals surface area contributed by atoms with Crippen molar-refractivity contribution in [2.75, 3.05) is 63.8 Å². The van der Waals surface area contributed by atoms with Gasteiger partial charge >= 0.3 is 0 Å². The highest BCUT2D eigenvalue weighted by atomic mass is 16.6. The molecule has 6 fully saturated rings. The molecule has 9 nitrogen and oxygen atoms in total. The number of hydrogen-bond donors (Lipinski definition) is 0. The molecule has 7 rings (SSSR count). The third-order valence-electron chi connectivity index (χ3n) is 9.56. The van der Waals surface area contributed by atoms with Crippen LogP contribution in [-0.4, -0.2) is 90.3 Å². The zero-order valence-electron chi connectivity index (χ0n) is 21.0. The van der Waals surface area contributed by atoms with Crippen LogP contribution in [0.3, 0.4) is 0 Å².